The molecule has 1 amide bonds. The Morgan fingerprint density at radius 3 is 1.86 bits per heavy atom. The van der Waals surface area contributed by atoms with Crippen LogP contribution in [0, 0.1) is 0 Å². The maximum Gasteiger partial charge on any atom is 0.222 e. The van der Waals surface area contributed by atoms with E-state index in [-0.39, 0.29) is 0 Å². The average molecular weight is 201 g/mol. The summed E-state index contributed by atoms with van der Waals surface area (Å²) < 4.78 is 0. The number of unbranched alkanes of at least 4 members (excludes halogenated alkanes) is 2. The van der Waals surface area contributed by atoms with E-state index in [0.717, 1.165) is 25.9 Å². The highest BCUT2D eigenvalue weighted by Gasteiger charge is 2.07. The Morgan fingerprint density at radius 1 is 1.00 bits per heavy atom. The fraction of sp³-hybridized carbons (Fsp3) is 0.917. The van der Waals surface area contributed by atoms with Crippen molar-refractivity contribution in [3.63, 3.8) is 0 Å². The highest BCUT2D eigenvalue weighted by Crippen LogP contribution is 2.02. The van der Waals surface area contributed by atoms with Crippen molar-refractivity contribution in [1.29, 1.82) is 0 Å². The second-order valence-corrected chi connectivity index (χ2v) is 3.02. The molecule has 0 bridgehead atoms. The van der Waals surface area contributed by atoms with E-state index in [1.807, 2.05) is 32.6 Å². The van der Waals surface area contributed by atoms with Crippen LogP contribution in [-0.2, 0) is 4.79 Å². The molecular weight excluding hydrogens is 174 g/mol. The zero-order chi connectivity index (χ0) is 11.4. The van der Waals surface area contributed by atoms with E-state index < -0.39 is 0 Å². The van der Waals surface area contributed by atoms with E-state index in [2.05, 4.69) is 6.92 Å². The summed E-state index contributed by atoms with van der Waals surface area (Å²) in [5, 5.41) is 0. The van der Waals surface area contributed by atoms with Gasteiger partial charge in [-0.25, -0.2) is 0 Å². The average Bonchev–Trinajstić information content (AvgIpc) is 2.23. The monoisotopic (exact) mass is 201 g/mol. The molecule has 0 saturated heterocycles. The topological polar surface area (TPSA) is 20.3 Å². The molecule has 0 heterocycles. The summed E-state index contributed by atoms with van der Waals surface area (Å²) in [5.74, 6) is 0.313. The van der Waals surface area contributed by atoms with Crippen LogP contribution in [-0.4, -0.2) is 23.9 Å². The van der Waals surface area contributed by atoms with Crippen LogP contribution in [0.2, 0.25) is 0 Å². The Bertz CT molecular complexity index is 119. The normalized spacial score (nSPS) is 8.93. The van der Waals surface area contributed by atoms with E-state index in [4.69, 9.17) is 0 Å². The molecule has 0 aliphatic rings. The first-order chi connectivity index (χ1) is 6.76. The van der Waals surface area contributed by atoms with E-state index >= 15 is 0 Å². The Morgan fingerprint density at radius 2 is 1.50 bits per heavy atom. The highest BCUT2D eigenvalue weighted by atomic mass is 16.2. The molecule has 0 atom stereocenters. The van der Waals surface area contributed by atoms with Gasteiger partial charge < -0.3 is 4.90 Å². The molecule has 0 aromatic rings. The number of nitrogens with zero attached hydrogens (tertiary/aromatic N) is 1. The predicted molar refractivity (Wildman–Crippen MR) is 63.4 cm³/mol. The summed E-state index contributed by atoms with van der Waals surface area (Å²) in [7, 11) is 0. The number of rotatable bonds is 6. The van der Waals surface area contributed by atoms with Gasteiger partial charge in [0.05, 0.1) is 0 Å². The molecule has 14 heavy (non-hydrogen) atoms. The quantitative estimate of drug-likeness (QED) is 0.603. The number of amides is 1. The van der Waals surface area contributed by atoms with Gasteiger partial charge in [-0.1, -0.05) is 33.6 Å². The fourth-order valence-electron chi connectivity index (χ4n) is 1.26. The molecular formula is C12H27NO. The van der Waals surface area contributed by atoms with E-state index in [1.165, 1.54) is 12.8 Å². The molecule has 0 saturated carbocycles. The van der Waals surface area contributed by atoms with E-state index in [9.17, 15) is 4.79 Å². The van der Waals surface area contributed by atoms with Crippen LogP contribution in [0.15, 0.2) is 0 Å². The van der Waals surface area contributed by atoms with Gasteiger partial charge in [0.25, 0.3) is 0 Å². The molecule has 0 rings (SSSR count). The smallest absolute Gasteiger partial charge is 0.222 e. The van der Waals surface area contributed by atoms with Gasteiger partial charge in [0.2, 0.25) is 5.91 Å². The van der Waals surface area contributed by atoms with Crippen LogP contribution < -0.4 is 0 Å². The van der Waals surface area contributed by atoms with Crippen molar-refractivity contribution < 1.29 is 4.79 Å². The fourth-order valence-corrected chi connectivity index (χ4v) is 1.26. The minimum absolute atomic E-state index is 0.313. The first-order valence-electron chi connectivity index (χ1n) is 6.04. The van der Waals surface area contributed by atoms with E-state index in [1.54, 1.807) is 0 Å². The Kier molecular flexibility index (Phi) is 14.2. The summed E-state index contributed by atoms with van der Waals surface area (Å²) in [4.78, 5) is 13.3. The van der Waals surface area contributed by atoms with Crippen molar-refractivity contribution in [2.45, 2.75) is 60.3 Å². The lowest BCUT2D eigenvalue weighted by Gasteiger charge is -2.18. The van der Waals surface area contributed by atoms with Gasteiger partial charge in [-0.3, -0.25) is 4.79 Å². The van der Waals surface area contributed by atoms with Crippen molar-refractivity contribution in [2.75, 3.05) is 13.1 Å². The molecule has 0 aromatic carbocycles. The minimum Gasteiger partial charge on any atom is -0.343 e. The zero-order valence-corrected chi connectivity index (χ0v) is 10.6. The van der Waals surface area contributed by atoms with Crippen molar-refractivity contribution in [3.05, 3.63) is 0 Å². The van der Waals surface area contributed by atoms with Crippen molar-refractivity contribution in [1.82, 2.24) is 4.90 Å². The lowest BCUT2D eigenvalue weighted by atomic mass is 10.2. The SMILES string of the molecule is CC.CCCCCC(=O)N(CC)CC. The maximum atomic E-state index is 11.4. The van der Waals surface area contributed by atoms with Gasteiger partial charge in [0.15, 0.2) is 0 Å². The van der Waals surface area contributed by atoms with Crippen LogP contribution in [0.1, 0.15) is 60.3 Å². The number of carbonyl (C=O) groups excluding carboxylic acids is 1. The van der Waals surface area contributed by atoms with Crippen LogP contribution >= 0.6 is 0 Å². The summed E-state index contributed by atoms with van der Waals surface area (Å²) in [6.07, 6.45) is 4.14. The minimum atomic E-state index is 0.313. The zero-order valence-electron chi connectivity index (χ0n) is 10.6. The molecule has 0 radical (unpaired) electrons. The number of hydrogen-bond donors (Lipinski definition) is 0. The third-order valence-corrected chi connectivity index (χ3v) is 2.11. The Hall–Kier alpha value is -0.530. The largest absolute Gasteiger partial charge is 0.343 e. The lowest BCUT2D eigenvalue weighted by Crippen LogP contribution is -2.30. The third kappa shape index (κ3) is 8.09. The van der Waals surface area contributed by atoms with Crippen LogP contribution in [0.3, 0.4) is 0 Å². The molecule has 0 unspecified atom stereocenters. The number of carbonyl (C=O) groups is 1. The predicted octanol–water partition coefficient (Wildman–Crippen LogP) is 3.46. The first kappa shape index (κ1) is 15.9. The van der Waals surface area contributed by atoms with Crippen LogP contribution in [0.5, 0.6) is 0 Å². The maximum absolute atomic E-state index is 11.4. The summed E-state index contributed by atoms with van der Waals surface area (Å²) in [6, 6.07) is 0. The van der Waals surface area contributed by atoms with Gasteiger partial charge in [-0.05, 0) is 20.3 Å². The van der Waals surface area contributed by atoms with Gasteiger partial charge in [-0.2, -0.15) is 0 Å². The highest BCUT2D eigenvalue weighted by molar-refractivity contribution is 5.75. The Balaban J connectivity index is 0. The second-order valence-electron chi connectivity index (χ2n) is 3.02. The molecule has 0 spiro atoms. The van der Waals surface area contributed by atoms with E-state index in [0.29, 0.717) is 5.91 Å². The molecule has 0 aromatic heterocycles. The molecule has 2 heteroatoms. The molecule has 2 nitrogen and oxygen atoms in total. The molecule has 0 fully saturated rings. The van der Waals surface area contributed by atoms with Gasteiger partial charge >= 0.3 is 0 Å². The van der Waals surface area contributed by atoms with Crippen LogP contribution in [0.4, 0.5) is 0 Å². The summed E-state index contributed by atoms with van der Waals surface area (Å²) in [6.45, 7) is 11.9. The van der Waals surface area contributed by atoms with Crippen molar-refractivity contribution in [3.8, 4) is 0 Å². The third-order valence-electron chi connectivity index (χ3n) is 2.11. The van der Waals surface area contributed by atoms with Crippen molar-refractivity contribution >= 4 is 5.91 Å². The Labute approximate surface area is 89.7 Å². The lowest BCUT2D eigenvalue weighted by molar-refractivity contribution is -0.130. The van der Waals surface area contributed by atoms with Crippen molar-refractivity contribution in [2.24, 2.45) is 0 Å². The standard InChI is InChI=1S/C10H21NO.C2H6/c1-4-7-8-9-10(12)11(5-2)6-3;1-2/h4-9H2,1-3H3;1-2H3. The molecule has 0 N–H and O–H groups in total. The first-order valence-corrected chi connectivity index (χ1v) is 6.04. The molecule has 86 valence electrons. The van der Waals surface area contributed by atoms with Gasteiger partial charge in [0, 0.05) is 19.5 Å². The van der Waals surface area contributed by atoms with Gasteiger partial charge in [-0.15, -0.1) is 0 Å². The summed E-state index contributed by atoms with van der Waals surface area (Å²) in [5.41, 5.74) is 0. The summed E-state index contributed by atoms with van der Waals surface area (Å²) >= 11 is 0. The van der Waals surface area contributed by atoms with Gasteiger partial charge in [0.1, 0.15) is 0 Å². The number of hydrogen-bond acceptors (Lipinski definition) is 1. The molecule has 0 aliphatic carbocycles. The second kappa shape index (κ2) is 12.5. The molecule has 0 aliphatic heterocycles. The van der Waals surface area contributed by atoms with Crippen LogP contribution in [0.25, 0.3) is 0 Å².